The van der Waals surface area contributed by atoms with Crippen molar-refractivity contribution in [1.29, 1.82) is 0 Å². The molecular weight excluding hydrogens is 226 g/mol. The second kappa shape index (κ2) is 5.87. The molecule has 4 heteroatoms. The van der Waals surface area contributed by atoms with Crippen molar-refractivity contribution < 1.29 is 9.53 Å². The fraction of sp³-hybridized carbons (Fsp3) is 0.417. The highest BCUT2D eigenvalue weighted by atomic mass is 35.5. The second-order valence-corrected chi connectivity index (χ2v) is 3.73. The number of rotatable bonds is 2. The molecule has 16 heavy (non-hydrogen) atoms. The summed E-state index contributed by atoms with van der Waals surface area (Å²) in [5.41, 5.74) is 1.74. The number of carbonyl (C=O) groups is 1. The number of carbonyl (C=O) groups excluding carboxylic acids is 1. The molecule has 0 radical (unpaired) electrons. The summed E-state index contributed by atoms with van der Waals surface area (Å²) in [4.78, 5) is 11.5. The van der Waals surface area contributed by atoms with Crippen molar-refractivity contribution in [2.75, 3.05) is 13.7 Å². The third-order valence-electron chi connectivity index (χ3n) is 2.80. The van der Waals surface area contributed by atoms with E-state index in [9.17, 15) is 4.79 Å². The van der Waals surface area contributed by atoms with E-state index in [4.69, 9.17) is 4.74 Å². The highest BCUT2D eigenvalue weighted by Gasteiger charge is 2.21. The predicted octanol–water partition coefficient (Wildman–Crippen LogP) is 2.32. The molecule has 0 aliphatic carbocycles. The third kappa shape index (κ3) is 2.54. The molecule has 1 aliphatic heterocycles. The lowest BCUT2D eigenvalue weighted by Gasteiger charge is -2.14. The van der Waals surface area contributed by atoms with Crippen LogP contribution >= 0.6 is 12.4 Å². The molecule has 1 atom stereocenters. The van der Waals surface area contributed by atoms with Gasteiger partial charge in [0.1, 0.15) is 0 Å². The summed E-state index contributed by atoms with van der Waals surface area (Å²) in [6.07, 6.45) is 2.26. The van der Waals surface area contributed by atoms with E-state index in [1.54, 1.807) is 0 Å². The monoisotopic (exact) mass is 241 g/mol. The van der Waals surface area contributed by atoms with Crippen molar-refractivity contribution in [3.8, 4) is 0 Å². The first-order valence-corrected chi connectivity index (χ1v) is 5.23. The lowest BCUT2D eigenvalue weighted by Crippen LogP contribution is -2.16. The Labute approximate surface area is 102 Å². The molecule has 1 heterocycles. The number of hydrogen-bond donors (Lipinski definition) is 1. The minimum Gasteiger partial charge on any atom is -0.465 e. The van der Waals surface area contributed by atoms with Crippen molar-refractivity contribution in [1.82, 2.24) is 5.32 Å². The highest BCUT2D eigenvalue weighted by Crippen LogP contribution is 2.26. The molecule has 0 spiro atoms. The molecule has 1 saturated heterocycles. The van der Waals surface area contributed by atoms with Crippen LogP contribution in [0.5, 0.6) is 0 Å². The number of halogens is 1. The Morgan fingerprint density at radius 3 is 2.81 bits per heavy atom. The van der Waals surface area contributed by atoms with Gasteiger partial charge in [0, 0.05) is 6.04 Å². The Morgan fingerprint density at radius 1 is 1.44 bits per heavy atom. The van der Waals surface area contributed by atoms with E-state index in [1.807, 2.05) is 24.3 Å². The van der Waals surface area contributed by atoms with E-state index in [2.05, 4.69) is 5.32 Å². The van der Waals surface area contributed by atoms with Crippen LogP contribution in [-0.2, 0) is 4.74 Å². The SMILES string of the molecule is COC(=O)c1ccccc1[C@@H]1CCCN1.Cl. The number of hydrogen-bond acceptors (Lipinski definition) is 3. The molecule has 2 rings (SSSR count). The maximum Gasteiger partial charge on any atom is 0.338 e. The van der Waals surface area contributed by atoms with E-state index < -0.39 is 0 Å². The Bertz CT molecular complexity index is 362. The molecule has 0 unspecified atom stereocenters. The topological polar surface area (TPSA) is 38.3 Å². The molecule has 0 amide bonds. The Morgan fingerprint density at radius 2 is 2.19 bits per heavy atom. The summed E-state index contributed by atoms with van der Waals surface area (Å²) in [7, 11) is 1.42. The lowest BCUT2D eigenvalue weighted by molar-refractivity contribution is 0.0598. The summed E-state index contributed by atoms with van der Waals surface area (Å²) in [6, 6.07) is 7.95. The number of esters is 1. The fourth-order valence-corrected chi connectivity index (χ4v) is 2.05. The van der Waals surface area contributed by atoms with Crippen molar-refractivity contribution in [2.45, 2.75) is 18.9 Å². The average molecular weight is 242 g/mol. The maximum atomic E-state index is 11.5. The molecule has 0 aromatic heterocycles. The van der Waals surface area contributed by atoms with Crippen molar-refractivity contribution in [3.05, 3.63) is 35.4 Å². The number of methoxy groups -OCH3 is 1. The van der Waals surface area contributed by atoms with Crippen LogP contribution in [0, 0.1) is 0 Å². The number of benzene rings is 1. The van der Waals surface area contributed by atoms with Gasteiger partial charge in [-0.05, 0) is 31.0 Å². The van der Waals surface area contributed by atoms with Gasteiger partial charge in [-0.2, -0.15) is 0 Å². The first kappa shape index (κ1) is 13.0. The zero-order valence-corrected chi connectivity index (χ0v) is 10.0. The van der Waals surface area contributed by atoms with E-state index in [0.717, 1.165) is 18.5 Å². The molecule has 3 nitrogen and oxygen atoms in total. The molecular formula is C12H16ClNO2. The Balaban J connectivity index is 0.00000128. The molecule has 88 valence electrons. The van der Waals surface area contributed by atoms with E-state index in [0.29, 0.717) is 11.6 Å². The zero-order chi connectivity index (χ0) is 10.7. The van der Waals surface area contributed by atoms with Crippen LogP contribution in [0.3, 0.4) is 0 Å². The first-order chi connectivity index (χ1) is 7.33. The van der Waals surface area contributed by atoms with Gasteiger partial charge in [-0.15, -0.1) is 12.4 Å². The average Bonchev–Trinajstić information content (AvgIpc) is 2.81. The zero-order valence-electron chi connectivity index (χ0n) is 9.23. The van der Waals surface area contributed by atoms with Crippen LogP contribution in [-0.4, -0.2) is 19.6 Å². The van der Waals surface area contributed by atoms with Gasteiger partial charge in [0.05, 0.1) is 12.7 Å². The van der Waals surface area contributed by atoms with Gasteiger partial charge in [0.2, 0.25) is 0 Å². The van der Waals surface area contributed by atoms with Crippen LogP contribution in [0.4, 0.5) is 0 Å². The maximum absolute atomic E-state index is 11.5. The Hall–Kier alpha value is -1.06. The molecule has 0 bridgehead atoms. The van der Waals surface area contributed by atoms with Gasteiger partial charge in [-0.3, -0.25) is 0 Å². The third-order valence-corrected chi connectivity index (χ3v) is 2.80. The number of nitrogens with one attached hydrogen (secondary N) is 1. The van der Waals surface area contributed by atoms with Gasteiger partial charge < -0.3 is 10.1 Å². The van der Waals surface area contributed by atoms with E-state index in [1.165, 1.54) is 13.5 Å². The molecule has 0 saturated carbocycles. The summed E-state index contributed by atoms with van der Waals surface area (Å²) in [6.45, 7) is 1.03. The van der Waals surface area contributed by atoms with Crippen molar-refractivity contribution in [3.63, 3.8) is 0 Å². The van der Waals surface area contributed by atoms with Gasteiger partial charge in [0.25, 0.3) is 0 Å². The largest absolute Gasteiger partial charge is 0.465 e. The summed E-state index contributed by atoms with van der Waals surface area (Å²) >= 11 is 0. The molecule has 1 fully saturated rings. The van der Waals surface area contributed by atoms with Gasteiger partial charge in [-0.25, -0.2) is 4.79 Å². The van der Waals surface area contributed by atoms with Crippen LogP contribution < -0.4 is 5.32 Å². The van der Waals surface area contributed by atoms with Crippen LogP contribution in [0.25, 0.3) is 0 Å². The minimum atomic E-state index is -0.251. The molecule has 1 aromatic rings. The Kier molecular flexibility index (Phi) is 4.77. The fourth-order valence-electron chi connectivity index (χ4n) is 2.05. The van der Waals surface area contributed by atoms with Crippen molar-refractivity contribution >= 4 is 18.4 Å². The van der Waals surface area contributed by atoms with Gasteiger partial charge >= 0.3 is 5.97 Å². The van der Waals surface area contributed by atoms with E-state index in [-0.39, 0.29) is 18.4 Å². The quantitative estimate of drug-likeness (QED) is 0.808. The minimum absolute atomic E-state index is 0. The van der Waals surface area contributed by atoms with Crippen LogP contribution in [0.15, 0.2) is 24.3 Å². The number of ether oxygens (including phenoxy) is 1. The molecule has 1 N–H and O–H groups in total. The normalized spacial score (nSPS) is 18.9. The first-order valence-electron chi connectivity index (χ1n) is 5.23. The van der Waals surface area contributed by atoms with Crippen LogP contribution in [0.2, 0.25) is 0 Å². The lowest BCUT2D eigenvalue weighted by atomic mass is 9.99. The smallest absolute Gasteiger partial charge is 0.338 e. The standard InChI is InChI=1S/C12H15NO2.ClH/c1-15-12(14)10-6-3-2-5-9(10)11-7-4-8-13-11;/h2-3,5-6,11,13H,4,7-8H2,1H3;1H/t11-;/m0./s1. The molecule has 1 aromatic carbocycles. The van der Waals surface area contributed by atoms with Gasteiger partial charge in [-0.1, -0.05) is 18.2 Å². The molecule has 1 aliphatic rings. The van der Waals surface area contributed by atoms with Crippen LogP contribution in [0.1, 0.15) is 34.8 Å². The van der Waals surface area contributed by atoms with E-state index >= 15 is 0 Å². The second-order valence-electron chi connectivity index (χ2n) is 3.73. The van der Waals surface area contributed by atoms with Crippen molar-refractivity contribution in [2.24, 2.45) is 0 Å². The predicted molar refractivity (Wildman–Crippen MR) is 65.0 cm³/mol. The summed E-state index contributed by atoms with van der Waals surface area (Å²) in [5.74, 6) is -0.251. The van der Waals surface area contributed by atoms with Gasteiger partial charge in [0.15, 0.2) is 0 Å². The summed E-state index contributed by atoms with van der Waals surface area (Å²) in [5, 5.41) is 3.38. The summed E-state index contributed by atoms with van der Waals surface area (Å²) < 4.78 is 4.77. The highest BCUT2D eigenvalue weighted by molar-refractivity contribution is 5.91.